The summed E-state index contributed by atoms with van der Waals surface area (Å²) in [5, 5.41) is 3.35. The van der Waals surface area contributed by atoms with Crippen molar-refractivity contribution in [1.29, 1.82) is 0 Å². The molecule has 0 amide bonds. The van der Waals surface area contributed by atoms with Gasteiger partial charge in [0.2, 0.25) is 0 Å². The zero-order valence-electron chi connectivity index (χ0n) is 14.0. The molecule has 0 radical (unpaired) electrons. The quantitative estimate of drug-likeness (QED) is 0.662. The predicted molar refractivity (Wildman–Crippen MR) is 93.1 cm³/mol. The van der Waals surface area contributed by atoms with Crippen molar-refractivity contribution in [3.05, 3.63) is 29.4 Å². The van der Waals surface area contributed by atoms with E-state index in [1.807, 2.05) is 29.9 Å². The lowest BCUT2D eigenvalue weighted by atomic mass is 10.1. The third-order valence-corrected chi connectivity index (χ3v) is 4.58. The molecule has 3 rings (SSSR count). The number of nitrogens with zero attached hydrogens (tertiary/aromatic N) is 2. The van der Waals surface area contributed by atoms with Crippen LogP contribution in [0.5, 0.6) is 11.5 Å². The number of hydrogen-bond donors (Lipinski definition) is 0. The molecule has 0 aliphatic carbocycles. The zero-order chi connectivity index (χ0) is 17.3. The molecule has 126 valence electrons. The fourth-order valence-corrected chi connectivity index (χ4v) is 3.48. The topological polar surface area (TPSA) is 62.6 Å². The summed E-state index contributed by atoms with van der Waals surface area (Å²) in [6.07, 6.45) is 1.96. The van der Waals surface area contributed by atoms with Gasteiger partial charge in [0.15, 0.2) is 5.69 Å². The highest BCUT2D eigenvalue weighted by molar-refractivity contribution is 7.13. The van der Waals surface area contributed by atoms with Gasteiger partial charge in [0.05, 0.1) is 31.7 Å². The molecule has 0 saturated heterocycles. The van der Waals surface area contributed by atoms with E-state index in [4.69, 9.17) is 14.2 Å². The van der Waals surface area contributed by atoms with E-state index in [9.17, 15) is 4.79 Å². The second kappa shape index (κ2) is 6.52. The molecule has 7 heteroatoms. The Morgan fingerprint density at radius 2 is 1.96 bits per heavy atom. The first-order chi connectivity index (χ1) is 11.6. The minimum atomic E-state index is -0.412. The van der Waals surface area contributed by atoms with Crippen molar-refractivity contribution in [2.45, 2.75) is 6.92 Å². The number of benzene rings is 1. The lowest BCUT2D eigenvalue weighted by Crippen LogP contribution is -2.04. The summed E-state index contributed by atoms with van der Waals surface area (Å²) in [7, 11) is 5.20. The van der Waals surface area contributed by atoms with Crippen LogP contribution in [0.3, 0.4) is 0 Å². The number of carbonyl (C=O) groups is 1. The monoisotopic (exact) mass is 346 g/mol. The molecule has 0 aliphatic heterocycles. The van der Waals surface area contributed by atoms with Gasteiger partial charge in [-0.25, -0.2) is 9.78 Å². The molecule has 0 aliphatic rings. The second-order valence-electron chi connectivity index (χ2n) is 5.11. The van der Waals surface area contributed by atoms with Crippen molar-refractivity contribution in [2.75, 3.05) is 20.8 Å². The van der Waals surface area contributed by atoms with E-state index in [0.717, 1.165) is 33.0 Å². The van der Waals surface area contributed by atoms with Crippen molar-refractivity contribution in [2.24, 2.45) is 7.05 Å². The molecule has 0 N–H and O–H groups in total. The highest BCUT2D eigenvalue weighted by Gasteiger charge is 2.20. The molecule has 0 saturated carbocycles. The maximum Gasteiger partial charge on any atom is 0.357 e. The van der Waals surface area contributed by atoms with Crippen LogP contribution in [0.15, 0.2) is 23.7 Å². The third-order valence-electron chi connectivity index (χ3n) is 3.71. The van der Waals surface area contributed by atoms with E-state index >= 15 is 0 Å². The molecule has 2 aromatic heterocycles. The number of ether oxygens (including phenoxy) is 3. The largest absolute Gasteiger partial charge is 0.496 e. The summed E-state index contributed by atoms with van der Waals surface area (Å²) in [6.45, 7) is 2.10. The lowest BCUT2D eigenvalue weighted by Gasteiger charge is -2.08. The van der Waals surface area contributed by atoms with Crippen LogP contribution in [0.4, 0.5) is 0 Å². The van der Waals surface area contributed by atoms with Gasteiger partial charge in [-0.15, -0.1) is 11.3 Å². The van der Waals surface area contributed by atoms with Gasteiger partial charge in [-0.2, -0.15) is 0 Å². The Bertz CT molecular complexity index is 898. The van der Waals surface area contributed by atoms with Crippen LogP contribution in [0.2, 0.25) is 0 Å². The van der Waals surface area contributed by atoms with Gasteiger partial charge < -0.3 is 18.8 Å². The number of aromatic nitrogens is 2. The number of fused-ring (bicyclic) bond motifs is 1. The maximum absolute atomic E-state index is 11.9. The molecule has 2 heterocycles. The Hall–Kier alpha value is -2.54. The van der Waals surface area contributed by atoms with Gasteiger partial charge in [0.1, 0.15) is 16.5 Å². The predicted octanol–water partition coefficient (Wildman–Crippen LogP) is 3.50. The van der Waals surface area contributed by atoms with E-state index in [0.29, 0.717) is 12.3 Å². The van der Waals surface area contributed by atoms with Gasteiger partial charge in [-0.05, 0) is 19.1 Å². The Morgan fingerprint density at radius 1 is 1.25 bits per heavy atom. The first-order valence-corrected chi connectivity index (χ1v) is 8.31. The number of carbonyl (C=O) groups excluding carboxylic acids is 1. The molecule has 24 heavy (non-hydrogen) atoms. The first kappa shape index (κ1) is 16.3. The molecule has 0 spiro atoms. The smallest absolute Gasteiger partial charge is 0.357 e. The molecule has 1 aromatic carbocycles. The second-order valence-corrected chi connectivity index (χ2v) is 5.96. The number of thiazole rings is 1. The fourth-order valence-electron chi connectivity index (χ4n) is 2.68. The van der Waals surface area contributed by atoms with E-state index in [-0.39, 0.29) is 0 Å². The average molecular weight is 346 g/mol. The molecule has 6 nitrogen and oxygen atoms in total. The lowest BCUT2D eigenvalue weighted by molar-refractivity contribution is 0.0520. The van der Waals surface area contributed by atoms with Crippen molar-refractivity contribution < 1.29 is 19.0 Å². The van der Waals surface area contributed by atoms with E-state index < -0.39 is 5.97 Å². The van der Waals surface area contributed by atoms with Gasteiger partial charge in [0, 0.05) is 24.2 Å². The summed E-state index contributed by atoms with van der Waals surface area (Å²) in [4.78, 5) is 16.3. The molecule has 0 fully saturated rings. The Balaban J connectivity index is 2.18. The normalized spacial score (nSPS) is 10.8. The van der Waals surface area contributed by atoms with Crippen LogP contribution < -0.4 is 9.47 Å². The molecular weight excluding hydrogens is 328 g/mol. The molecular formula is C17H18N2O4S. The highest BCUT2D eigenvalue weighted by atomic mass is 32.1. The summed E-state index contributed by atoms with van der Waals surface area (Å²) in [5.41, 5.74) is 2.12. The Kier molecular flexibility index (Phi) is 4.44. The number of esters is 1. The summed E-state index contributed by atoms with van der Waals surface area (Å²) < 4.78 is 18.0. The number of hydrogen-bond acceptors (Lipinski definition) is 6. The van der Waals surface area contributed by atoms with Crippen molar-refractivity contribution in [1.82, 2.24) is 9.55 Å². The third kappa shape index (κ3) is 2.60. The van der Waals surface area contributed by atoms with Crippen molar-refractivity contribution in [3.8, 4) is 22.1 Å². The van der Waals surface area contributed by atoms with E-state index in [2.05, 4.69) is 4.98 Å². The molecule has 0 bridgehead atoms. The zero-order valence-corrected chi connectivity index (χ0v) is 14.8. The maximum atomic E-state index is 11.9. The standard InChI is InChI=1S/C17H18N2O4S/c1-5-23-17(20)11-9-24-16(18-11)10-8-19(2)15-13(22-4)7-6-12(21-3)14(10)15/h6-9H,5H2,1-4H3. The summed E-state index contributed by atoms with van der Waals surface area (Å²) in [5.74, 6) is 1.07. The van der Waals surface area contributed by atoms with Crippen LogP contribution in [-0.2, 0) is 11.8 Å². The van der Waals surface area contributed by atoms with Gasteiger partial charge in [0.25, 0.3) is 0 Å². The fraction of sp³-hybridized carbons (Fsp3) is 0.294. The van der Waals surface area contributed by atoms with Crippen LogP contribution >= 0.6 is 11.3 Å². The number of methoxy groups -OCH3 is 2. The van der Waals surface area contributed by atoms with Crippen LogP contribution in [0, 0.1) is 0 Å². The van der Waals surface area contributed by atoms with Gasteiger partial charge in [-0.1, -0.05) is 0 Å². The summed E-state index contributed by atoms with van der Waals surface area (Å²) >= 11 is 1.40. The Morgan fingerprint density at radius 3 is 2.62 bits per heavy atom. The minimum absolute atomic E-state index is 0.315. The molecule has 0 unspecified atom stereocenters. The van der Waals surface area contributed by atoms with Crippen molar-refractivity contribution >= 4 is 28.2 Å². The SMILES string of the molecule is CCOC(=O)c1csc(-c2cn(C)c3c(OC)ccc(OC)c23)n1. The van der Waals surface area contributed by atoms with E-state index in [1.165, 1.54) is 11.3 Å². The number of aryl methyl sites for hydroxylation is 1. The average Bonchev–Trinajstić information content (AvgIpc) is 3.20. The molecule has 0 atom stereocenters. The minimum Gasteiger partial charge on any atom is -0.496 e. The van der Waals surface area contributed by atoms with Gasteiger partial charge in [-0.3, -0.25) is 0 Å². The molecule has 3 aromatic rings. The van der Waals surface area contributed by atoms with Gasteiger partial charge >= 0.3 is 5.97 Å². The van der Waals surface area contributed by atoms with Crippen LogP contribution in [0.1, 0.15) is 17.4 Å². The first-order valence-electron chi connectivity index (χ1n) is 7.43. The summed E-state index contributed by atoms with van der Waals surface area (Å²) in [6, 6.07) is 3.74. The van der Waals surface area contributed by atoms with Crippen LogP contribution in [-0.4, -0.2) is 36.3 Å². The van der Waals surface area contributed by atoms with Crippen molar-refractivity contribution in [3.63, 3.8) is 0 Å². The number of rotatable bonds is 5. The van der Waals surface area contributed by atoms with Crippen LogP contribution in [0.25, 0.3) is 21.5 Å². The van der Waals surface area contributed by atoms with E-state index in [1.54, 1.807) is 26.5 Å². The highest BCUT2D eigenvalue weighted by Crippen LogP contribution is 2.41. The Labute approximate surface area is 143 Å².